The topological polar surface area (TPSA) is 46.6 Å². The number of rotatable bonds is 17. The second-order valence-corrected chi connectivity index (χ2v) is 6.87. The molecule has 0 aliphatic rings. The molecule has 4 nitrogen and oxygen atoms in total. The maximum Gasteiger partial charge on any atom is 0.307 e. The fourth-order valence-corrected chi connectivity index (χ4v) is 2.91. The van der Waals surface area contributed by atoms with Gasteiger partial charge in [-0.25, -0.2) is 0 Å². The van der Waals surface area contributed by atoms with E-state index in [2.05, 4.69) is 13.8 Å². The predicted octanol–water partition coefficient (Wildman–Crippen LogP) is 5.49. The molecule has 0 spiro atoms. The van der Waals surface area contributed by atoms with E-state index < -0.39 is 0 Å². The highest BCUT2D eigenvalue weighted by molar-refractivity contribution is 5.77. The highest BCUT2D eigenvalue weighted by Gasteiger charge is 2.14. The Labute approximate surface area is 155 Å². The third kappa shape index (κ3) is 14.9. The van der Waals surface area contributed by atoms with Gasteiger partial charge in [-0.15, -0.1) is 0 Å². The second kappa shape index (κ2) is 17.8. The van der Waals surface area contributed by atoms with Gasteiger partial charge in [0.2, 0.25) is 5.91 Å². The van der Waals surface area contributed by atoms with Crippen LogP contribution in [0.3, 0.4) is 0 Å². The first-order valence-electron chi connectivity index (χ1n) is 10.6. The number of carbonyl (C=O) groups is 2. The van der Waals surface area contributed by atoms with Crippen molar-refractivity contribution in [3.8, 4) is 0 Å². The van der Waals surface area contributed by atoms with Gasteiger partial charge in [-0.3, -0.25) is 9.59 Å². The van der Waals surface area contributed by atoms with Crippen molar-refractivity contribution in [2.45, 2.75) is 104 Å². The molecule has 0 radical (unpaired) electrons. The van der Waals surface area contributed by atoms with E-state index in [1.54, 1.807) is 0 Å². The van der Waals surface area contributed by atoms with Crippen LogP contribution in [0.25, 0.3) is 0 Å². The van der Waals surface area contributed by atoms with Crippen LogP contribution in [-0.2, 0) is 14.3 Å². The third-order valence-corrected chi connectivity index (χ3v) is 4.52. The van der Waals surface area contributed by atoms with Gasteiger partial charge in [0, 0.05) is 19.5 Å². The van der Waals surface area contributed by atoms with Crippen LogP contribution in [0.2, 0.25) is 0 Å². The lowest BCUT2D eigenvalue weighted by atomic mass is 10.1. The Morgan fingerprint density at radius 2 is 1.24 bits per heavy atom. The van der Waals surface area contributed by atoms with Crippen LogP contribution in [0.15, 0.2) is 0 Å². The van der Waals surface area contributed by atoms with Crippen molar-refractivity contribution in [2.75, 3.05) is 19.7 Å². The average Bonchev–Trinajstić information content (AvgIpc) is 2.60. The van der Waals surface area contributed by atoms with E-state index in [-0.39, 0.29) is 11.9 Å². The Morgan fingerprint density at radius 3 is 1.80 bits per heavy atom. The number of unbranched alkanes of at least 4 members (excludes halogenated alkanes) is 9. The second-order valence-electron chi connectivity index (χ2n) is 6.87. The maximum absolute atomic E-state index is 12.4. The Balaban J connectivity index is 3.87. The molecule has 0 aromatic heterocycles. The van der Waals surface area contributed by atoms with Gasteiger partial charge in [0.25, 0.3) is 0 Å². The Hall–Kier alpha value is -1.06. The molecule has 0 aromatic rings. The molecule has 0 aliphatic heterocycles. The van der Waals surface area contributed by atoms with Gasteiger partial charge < -0.3 is 9.64 Å². The number of nitrogens with zero attached hydrogens (tertiary/aromatic N) is 1. The summed E-state index contributed by atoms with van der Waals surface area (Å²) < 4.78 is 4.96. The first-order valence-corrected chi connectivity index (χ1v) is 10.6. The summed E-state index contributed by atoms with van der Waals surface area (Å²) in [5, 5.41) is 0. The zero-order valence-electron chi connectivity index (χ0n) is 17.0. The molecule has 4 heteroatoms. The lowest BCUT2D eigenvalue weighted by Crippen LogP contribution is -2.34. The summed E-state index contributed by atoms with van der Waals surface area (Å²) in [5.41, 5.74) is 0. The first kappa shape index (κ1) is 23.9. The molecule has 0 rings (SSSR count). The smallest absolute Gasteiger partial charge is 0.307 e. The number of hydrogen-bond acceptors (Lipinski definition) is 3. The van der Waals surface area contributed by atoms with Crippen LogP contribution >= 0.6 is 0 Å². The van der Waals surface area contributed by atoms with Crippen LogP contribution in [-0.4, -0.2) is 36.5 Å². The average molecular weight is 356 g/mol. The SMILES string of the molecule is CCCCCCCCCCCC(=O)N(CCCC)CCC(=O)OCC. The van der Waals surface area contributed by atoms with E-state index >= 15 is 0 Å². The van der Waals surface area contributed by atoms with Gasteiger partial charge in [0.15, 0.2) is 0 Å². The van der Waals surface area contributed by atoms with Crippen molar-refractivity contribution in [2.24, 2.45) is 0 Å². The molecule has 1 amide bonds. The molecular formula is C21H41NO3. The van der Waals surface area contributed by atoms with Gasteiger partial charge in [0.1, 0.15) is 0 Å². The largest absolute Gasteiger partial charge is 0.466 e. The van der Waals surface area contributed by atoms with Crippen LogP contribution < -0.4 is 0 Å². The van der Waals surface area contributed by atoms with Crippen molar-refractivity contribution >= 4 is 11.9 Å². The summed E-state index contributed by atoms with van der Waals surface area (Å²) in [6, 6.07) is 0. The van der Waals surface area contributed by atoms with Crippen molar-refractivity contribution in [3.05, 3.63) is 0 Å². The minimum Gasteiger partial charge on any atom is -0.466 e. The number of esters is 1. The van der Waals surface area contributed by atoms with Crippen molar-refractivity contribution in [3.63, 3.8) is 0 Å². The highest BCUT2D eigenvalue weighted by Crippen LogP contribution is 2.11. The molecule has 25 heavy (non-hydrogen) atoms. The molecule has 0 N–H and O–H groups in total. The zero-order chi connectivity index (χ0) is 18.8. The summed E-state index contributed by atoms with van der Waals surface area (Å²) in [4.78, 5) is 25.8. The Bertz CT molecular complexity index is 331. The molecule has 0 aromatic carbocycles. The standard InChI is InChI=1S/C21H41NO3/c1-4-7-9-10-11-12-13-14-15-16-20(23)22(18-8-5-2)19-17-21(24)25-6-3/h4-19H2,1-3H3. The van der Waals surface area contributed by atoms with Crippen LogP contribution in [0.5, 0.6) is 0 Å². The van der Waals surface area contributed by atoms with E-state index in [1.807, 2.05) is 11.8 Å². The van der Waals surface area contributed by atoms with Gasteiger partial charge >= 0.3 is 5.97 Å². The number of ether oxygens (including phenoxy) is 1. The monoisotopic (exact) mass is 355 g/mol. The summed E-state index contributed by atoms with van der Waals surface area (Å²) in [7, 11) is 0. The molecule has 0 bridgehead atoms. The summed E-state index contributed by atoms with van der Waals surface area (Å²) in [6.07, 6.45) is 14.3. The number of amides is 1. The van der Waals surface area contributed by atoms with E-state index in [1.165, 1.54) is 44.9 Å². The van der Waals surface area contributed by atoms with Crippen molar-refractivity contribution in [1.82, 2.24) is 4.90 Å². The Kier molecular flexibility index (Phi) is 17.0. The van der Waals surface area contributed by atoms with Crippen LogP contribution in [0.1, 0.15) is 104 Å². The van der Waals surface area contributed by atoms with Crippen LogP contribution in [0.4, 0.5) is 0 Å². The van der Waals surface area contributed by atoms with Gasteiger partial charge in [-0.2, -0.15) is 0 Å². The zero-order valence-corrected chi connectivity index (χ0v) is 17.0. The van der Waals surface area contributed by atoms with Crippen LogP contribution in [0, 0.1) is 0 Å². The molecule has 0 unspecified atom stereocenters. The highest BCUT2D eigenvalue weighted by atomic mass is 16.5. The summed E-state index contributed by atoms with van der Waals surface area (Å²) in [5.74, 6) is -0.0134. The lowest BCUT2D eigenvalue weighted by molar-refractivity contribution is -0.144. The normalized spacial score (nSPS) is 10.7. The van der Waals surface area contributed by atoms with E-state index in [9.17, 15) is 9.59 Å². The quantitative estimate of drug-likeness (QED) is 0.256. The number of carbonyl (C=O) groups excluding carboxylic acids is 2. The minimum absolute atomic E-state index is 0.195. The van der Waals surface area contributed by atoms with E-state index in [0.717, 1.165) is 32.2 Å². The fourth-order valence-electron chi connectivity index (χ4n) is 2.91. The van der Waals surface area contributed by atoms with Gasteiger partial charge in [-0.1, -0.05) is 71.6 Å². The molecule has 148 valence electrons. The summed E-state index contributed by atoms with van der Waals surface area (Å²) in [6.45, 7) is 7.82. The van der Waals surface area contributed by atoms with E-state index in [0.29, 0.717) is 26.0 Å². The molecule has 0 saturated heterocycles. The molecule has 0 saturated carbocycles. The summed E-state index contributed by atoms with van der Waals surface area (Å²) >= 11 is 0. The first-order chi connectivity index (χ1) is 12.2. The molecule has 0 heterocycles. The fraction of sp³-hybridized carbons (Fsp3) is 0.905. The predicted molar refractivity (Wildman–Crippen MR) is 105 cm³/mol. The van der Waals surface area contributed by atoms with E-state index in [4.69, 9.17) is 4.74 Å². The third-order valence-electron chi connectivity index (χ3n) is 4.52. The molecule has 0 fully saturated rings. The maximum atomic E-state index is 12.4. The molecular weight excluding hydrogens is 314 g/mol. The van der Waals surface area contributed by atoms with Gasteiger partial charge in [0.05, 0.1) is 13.0 Å². The molecule has 0 atom stereocenters. The lowest BCUT2D eigenvalue weighted by Gasteiger charge is -2.22. The molecule has 0 aliphatic carbocycles. The minimum atomic E-state index is -0.208. The van der Waals surface area contributed by atoms with Gasteiger partial charge in [-0.05, 0) is 19.8 Å². The number of hydrogen-bond donors (Lipinski definition) is 0. The Morgan fingerprint density at radius 1 is 0.680 bits per heavy atom. The van der Waals surface area contributed by atoms with Crippen molar-refractivity contribution in [1.29, 1.82) is 0 Å². The van der Waals surface area contributed by atoms with Crippen molar-refractivity contribution < 1.29 is 14.3 Å².